The molecule has 0 aromatic heterocycles. The van der Waals surface area contributed by atoms with Gasteiger partial charge in [-0.25, -0.2) is 0 Å². The van der Waals surface area contributed by atoms with Crippen molar-refractivity contribution in [1.82, 2.24) is 10.6 Å². The Morgan fingerprint density at radius 2 is 2.25 bits per heavy atom. The summed E-state index contributed by atoms with van der Waals surface area (Å²) in [6.07, 6.45) is 1.74. The van der Waals surface area contributed by atoms with Gasteiger partial charge in [-0.2, -0.15) is 0 Å². The number of hydrogen-bond acceptors (Lipinski definition) is 4. The Hall–Kier alpha value is -1.95. The van der Waals surface area contributed by atoms with Crippen molar-refractivity contribution in [2.75, 3.05) is 6.54 Å². The number of amides is 1. The van der Waals surface area contributed by atoms with Gasteiger partial charge in [-0.1, -0.05) is 12.1 Å². The van der Waals surface area contributed by atoms with Crippen LogP contribution in [-0.4, -0.2) is 23.4 Å². The number of rotatable bonds is 4. The third kappa shape index (κ3) is 3.14. The number of benzene rings is 1. The number of piperidine rings is 1. The van der Waals surface area contributed by atoms with E-state index in [0.717, 1.165) is 24.9 Å². The van der Waals surface area contributed by atoms with E-state index in [2.05, 4.69) is 10.6 Å². The van der Waals surface area contributed by atoms with Gasteiger partial charge in [0, 0.05) is 24.2 Å². The minimum Gasteiger partial charge on any atom is -0.355 e. The standard InChI is InChI=1S/C14H19N3O3/c1-9-5-6-11(8-13(9)17(19)20)10(2)16-12-4-3-7-15-14(12)18/h5-6,8,10,12,16H,3-4,7H2,1-2H3,(H,15,18). The summed E-state index contributed by atoms with van der Waals surface area (Å²) in [6.45, 7) is 4.35. The van der Waals surface area contributed by atoms with Crippen molar-refractivity contribution < 1.29 is 9.72 Å². The lowest BCUT2D eigenvalue weighted by Gasteiger charge is -2.26. The SMILES string of the molecule is Cc1ccc(C(C)NC2CCCNC2=O)cc1[N+](=O)[O-]. The predicted octanol–water partition coefficient (Wildman–Crippen LogP) is 1.83. The maximum Gasteiger partial charge on any atom is 0.272 e. The van der Waals surface area contributed by atoms with Crippen LogP contribution in [-0.2, 0) is 4.79 Å². The number of nitro benzene ring substituents is 1. The van der Waals surface area contributed by atoms with Gasteiger partial charge in [0.15, 0.2) is 0 Å². The van der Waals surface area contributed by atoms with Crippen LogP contribution < -0.4 is 10.6 Å². The van der Waals surface area contributed by atoms with Crippen LogP contribution >= 0.6 is 0 Å². The molecule has 0 radical (unpaired) electrons. The fraction of sp³-hybridized carbons (Fsp3) is 0.500. The summed E-state index contributed by atoms with van der Waals surface area (Å²) in [5, 5.41) is 17.0. The number of nitro groups is 1. The number of aryl methyl sites for hydroxylation is 1. The Morgan fingerprint density at radius 3 is 2.90 bits per heavy atom. The molecule has 2 atom stereocenters. The molecule has 1 heterocycles. The van der Waals surface area contributed by atoms with E-state index < -0.39 is 0 Å². The summed E-state index contributed by atoms with van der Waals surface area (Å²) < 4.78 is 0. The summed E-state index contributed by atoms with van der Waals surface area (Å²) in [6, 6.07) is 4.85. The highest BCUT2D eigenvalue weighted by Gasteiger charge is 2.24. The number of nitrogens with one attached hydrogen (secondary N) is 2. The van der Waals surface area contributed by atoms with Gasteiger partial charge in [0.25, 0.3) is 5.69 Å². The molecule has 1 amide bonds. The quantitative estimate of drug-likeness (QED) is 0.649. The molecule has 0 aliphatic carbocycles. The zero-order chi connectivity index (χ0) is 14.7. The predicted molar refractivity (Wildman–Crippen MR) is 75.4 cm³/mol. The highest BCUT2D eigenvalue weighted by atomic mass is 16.6. The third-order valence-electron chi connectivity index (χ3n) is 3.67. The van der Waals surface area contributed by atoms with Crippen LogP contribution in [0.25, 0.3) is 0 Å². The highest BCUT2D eigenvalue weighted by Crippen LogP contribution is 2.23. The lowest BCUT2D eigenvalue weighted by atomic mass is 10.0. The summed E-state index contributed by atoms with van der Waals surface area (Å²) in [4.78, 5) is 22.3. The van der Waals surface area contributed by atoms with Crippen molar-refractivity contribution in [3.8, 4) is 0 Å². The maximum absolute atomic E-state index is 11.7. The molecule has 1 fully saturated rings. The van der Waals surface area contributed by atoms with E-state index in [9.17, 15) is 14.9 Å². The number of hydrogen-bond donors (Lipinski definition) is 2. The Balaban J connectivity index is 2.12. The first-order valence-corrected chi connectivity index (χ1v) is 6.77. The number of nitrogens with zero attached hydrogens (tertiary/aromatic N) is 1. The van der Waals surface area contributed by atoms with Gasteiger partial charge in [0.05, 0.1) is 11.0 Å². The molecular weight excluding hydrogens is 258 g/mol. The monoisotopic (exact) mass is 277 g/mol. The number of carbonyl (C=O) groups excluding carboxylic acids is 1. The molecule has 1 saturated heterocycles. The first-order chi connectivity index (χ1) is 9.49. The highest BCUT2D eigenvalue weighted by molar-refractivity contribution is 5.82. The third-order valence-corrected chi connectivity index (χ3v) is 3.67. The van der Waals surface area contributed by atoms with Crippen molar-refractivity contribution in [2.45, 2.75) is 38.8 Å². The largest absolute Gasteiger partial charge is 0.355 e. The first kappa shape index (κ1) is 14.5. The maximum atomic E-state index is 11.7. The van der Waals surface area contributed by atoms with E-state index >= 15 is 0 Å². The molecule has 0 spiro atoms. The van der Waals surface area contributed by atoms with E-state index in [4.69, 9.17) is 0 Å². The zero-order valence-electron chi connectivity index (χ0n) is 11.7. The Labute approximate surface area is 117 Å². The molecule has 2 rings (SSSR count). The first-order valence-electron chi connectivity index (χ1n) is 6.77. The lowest BCUT2D eigenvalue weighted by Crippen LogP contribution is -2.48. The average molecular weight is 277 g/mol. The Bertz CT molecular complexity index is 530. The second kappa shape index (κ2) is 6.00. The van der Waals surface area contributed by atoms with Crippen LogP contribution in [0.2, 0.25) is 0 Å². The summed E-state index contributed by atoms with van der Waals surface area (Å²) in [7, 11) is 0. The zero-order valence-corrected chi connectivity index (χ0v) is 11.7. The average Bonchev–Trinajstić information content (AvgIpc) is 2.41. The van der Waals surface area contributed by atoms with E-state index in [-0.39, 0.29) is 28.6 Å². The van der Waals surface area contributed by atoms with Crippen molar-refractivity contribution >= 4 is 11.6 Å². The second-order valence-electron chi connectivity index (χ2n) is 5.18. The van der Waals surface area contributed by atoms with Gasteiger partial charge < -0.3 is 5.32 Å². The molecule has 1 aliphatic heterocycles. The van der Waals surface area contributed by atoms with Crippen LogP contribution in [0.4, 0.5) is 5.69 Å². The molecule has 20 heavy (non-hydrogen) atoms. The fourth-order valence-electron chi connectivity index (χ4n) is 2.42. The summed E-state index contributed by atoms with van der Waals surface area (Å²) >= 11 is 0. The molecule has 0 saturated carbocycles. The molecular formula is C14H19N3O3. The van der Waals surface area contributed by atoms with E-state index in [0.29, 0.717) is 5.56 Å². The van der Waals surface area contributed by atoms with Crippen molar-refractivity contribution in [1.29, 1.82) is 0 Å². The molecule has 6 nitrogen and oxygen atoms in total. The molecule has 2 unspecified atom stereocenters. The summed E-state index contributed by atoms with van der Waals surface area (Å²) in [5.41, 5.74) is 1.58. The van der Waals surface area contributed by atoms with Crippen molar-refractivity contribution in [3.05, 3.63) is 39.4 Å². The van der Waals surface area contributed by atoms with Crippen LogP contribution in [0.3, 0.4) is 0 Å². The normalized spacial score (nSPS) is 20.3. The topological polar surface area (TPSA) is 84.3 Å². The van der Waals surface area contributed by atoms with E-state index in [1.54, 1.807) is 19.1 Å². The Morgan fingerprint density at radius 1 is 1.50 bits per heavy atom. The minimum atomic E-state index is -0.376. The van der Waals surface area contributed by atoms with Crippen LogP contribution in [0.1, 0.15) is 36.9 Å². The van der Waals surface area contributed by atoms with Gasteiger partial charge in [0.2, 0.25) is 5.91 Å². The molecule has 2 N–H and O–H groups in total. The second-order valence-corrected chi connectivity index (χ2v) is 5.18. The summed E-state index contributed by atoms with van der Waals surface area (Å²) in [5.74, 6) is 0.00436. The smallest absolute Gasteiger partial charge is 0.272 e. The van der Waals surface area contributed by atoms with Crippen molar-refractivity contribution in [2.24, 2.45) is 0 Å². The minimum absolute atomic E-state index is 0.00436. The van der Waals surface area contributed by atoms with Crippen LogP contribution in [0.5, 0.6) is 0 Å². The van der Waals surface area contributed by atoms with Crippen molar-refractivity contribution in [3.63, 3.8) is 0 Å². The molecule has 1 aromatic rings. The lowest BCUT2D eigenvalue weighted by molar-refractivity contribution is -0.385. The van der Waals surface area contributed by atoms with Gasteiger partial charge >= 0.3 is 0 Å². The molecule has 6 heteroatoms. The van der Waals surface area contributed by atoms with Crippen LogP contribution in [0.15, 0.2) is 18.2 Å². The fourth-order valence-corrected chi connectivity index (χ4v) is 2.42. The van der Waals surface area contributed by atoms with Gasteiger partial charge in [0.1, 0.15) is 0 Å². The molecule has 1 aromatic carbocycles. The molecule has 108 valence electrons. The Kier molecular flexibility index (Phi) is 4.34. The number of carbonyl (C=O) groups is 1. The molecule has 1 aliphatic rings. The van der Waals surface area contributed by atoms with E-state index in [1.807, 2.05) is 13.0 Å². The van der Waals surface area contributed by atoms with Crippen LogP contribution in [0, 0.1) is 17.0 Å². The van der Waals surface area contributed by atoms with E-state index in [1.165, 1.54) is 0 Å². The van der Waals surface area contributed by atoms with Gasteiger partial charge in [-0.05, 0) is 32.3 Å². The molecule has 0 bridgehead atoms. The van der Waals surface area contributed by atoms with Gasteiger partial charge in [-0.3, -0.25) is 20.2 Å². The van der Waals surface area contributed by atoms with Gasteiger partial charge in [-0.15, -0.1) is 0 Å².